The summed E-state index contributed by atoms with van der Waals surface area (Å²) in [6.07, 6.45) is 0.885. The molecule has 0 spiro atoms. The van der Waals surface area contributed by atoms with Crippen molar-refractivity contribution in [1.82, 2.24) is 4.90 Å². The van der Waals surface area contributed by atoms with E-state index in [1.165, 1.54) is 22.3 Å². The van der Waals surface area contributed by atoms with Crippen LogP contribution >= 0.6 is 0 Å². The summed E-state index contributed by atoms with van der Waals surface area (Å²) in [5.74, 6) is 3.61. The quantitative estimate of drug-likeness (QED) is 0.705. The first kappa shape index (κ1) is 18.3. The number of benzene rings is 2. The molecule has 158 valence electrons. The topological polar surface area (TPSA) is 49.4 Å². The van der Waals surface area contributed by atoms with Crippen molar-refractivity contribution < 1.29 is 23.7 Å². The van der Waals surface area contributed by atoms with E-state index >= 15 is 0 Å². The zero-order valence-electron chi connectivity index (χ0n) is 17.9. The summed E-state index contributed by atoms with van der Waals surface area (Å²) in [6, 6.07) is 8.79. The SMILES string of the molecule is CN1Cc2c(ccc3c2OCO3)C2C(OC(C)(C)C)Cc3cc4c(cc3C21)OCO4. The second kappa shape index (κ2) is 6.28. The van der Waals surface area contributed by atoms with E-state index in [4.69, 9.17) is 23.7 Å². The van der Waals surface area contributed by atoms with Gasteiger partial charge in [-0.1, -0.05) is 6.07 Å². The van der Waals surface area contributed by atoms with E-state index in [1.54, 1.807) is 0 Å². The van der Waals surface area contributed by atoms with Crippen molar-refractivity contribution in [2.24, 2.45) is 0 Å². The zero-order chi connectivity index (χ0) is 20.6. The van der Waals surface area contributed by atoms with E-state index < -0.39 is 0 Å². The van der Waals surface area contributed by atoms with Gasteiger partial charge in [-0.05, 0) is 69.1 Å². The van der Waals surface area contributed by atoms with Crippen molar-refractivity contribution in [2.45, 2.75) is 57.4 Å². The predicted octanol–water partition coefficient (Wildman–Crippen LogP) is 4.15. The maximum absolute atomic E-state index is 6.68. The van der Waals surface area contributed by atoms with Crippen LogP contribution in [0, 0.1) is 0 Å². The summed E-state index contributed by atoms with van der Waals surface area (Å²) in [5, 5.41) is 0. The van der Waals surface area contributed by atoms with Crippen LogP contribution in [-0.2, 0) is 17.7 Å². The highest BCUT2D eigenvalue weighted by atomic mass is 16.7. The van der Waals surface area contributed by atoms with Gasteiger partial charge in [0.15, 0.2) is 23.0 Å². The number of ether oxygens (including phenoxy) is 5. The maximum atomic E-state index is 6.68. The second-order valence-corrected chi connectivity index (χ2v) is 9.63. The van der Waals surface area contributed by atoms with E-state index in [9.17, 15) is 0 Å². The molecule has 3 atom stereocenters. The van der Waals surface area contributed by atoms with Crippen molar-refractivity contribution in [3.63, 3.8) is 0 Å². The number of fused-ring (bicyclic) bond motifs is 8. The normalized spacial score (nSPS) is 26.2. The van der Waals surface area contributed by atoms with Gasteiger partial charge in [-0.15, -0.1) is 0 Å². The summed E-state index contributed by atoms with van der Waals surface area (Å²) in [7, 11) is 2.18. The third kappa shape index (κ3) is 2.70. The molecule has 0 amide bonds. The molecule has 1 aliphatic carbocycles. The second-order valence-electron chi connectivity index (χ2n) is 9.63. The third-order valence-corrected chi connectivity index (χ3v) is 6.54. The number of hydrogen-bond donors (Lipinski definition) is 0. The van der Waals surface area contributed by atoms with Crippen LogP contribution in [0.25, 0.3) is 0 Å². The van der Waals surface area contributed by atoms with Crippen LogP contribution in [0.5, 0.6) is 23.0 Å². The Balaban J connectivity index is 1.53. The third-order valence-electron chi connectivity index (χ3n) is 6.54. The van der Waals surface area contributed by atoms with Crippen LogP contribution in [0.3, 0.4) is 0 Å². The highest BCUT2D eigenvalue weighted by Crippen LogP contribution is 2.55. The largest absolute Gasteiger partial charge is 0.454 e. The van der Waals surface area contributed by atoms with Crippen molar-refractivity contribution >= 4 is 0 Å². The molecule has 0 fully saturated rings. The number of likely N-dealkylation sites (N-methyl/N-ethyl adjacent to an activating group) is 1. The summed E-state index contributed by atoms with van der Waals surface area (Å²) in [4.78, 5) is 2.41. The zero-order valence-corrected chi connectivity index (χ0v) is 17.9. The summed E-state index contributed by atoms with van der Waals surface area (Å²) in [5.41, 5.74) is 4.88. The minimum atomic E-state index is -0.240. The van der Waals surface area contributed by atoms with E-state index in [0.717, 1.165) is 36.0 Å². The molecule has 0 saturated heterocycles. The molecule has 2 aromatic carbocycles. The standard InChI is InChI=1S/C24H27NO5/c1-24(2,3)30-20-8-13-7-18-19(28-11-27-18)9-15(13)22-21(20)14-5-6-17-23(29-12-26-17)16(14)10-25(22)4/h5-7,9,20-22H,8,10-12H2,1-4H3. The Morgan fingerprint density at radius 2 is 1.67 bits per heavy atom. The van der Waals surface area contributed by atoms with Crippen LogP contribution in [-0.4, -0.2) is 37.2 Å². The van der Waals surface area contributed by atoms with Gasteiger partial charge >= 0.3 is 0 Å². The van der Waals surface area contributed by atoms with Gasteiger partial charge in [-0.3, -0.25) is 4.90 Å². The van der Waals surface area contributed by atoms with Crippen LogP contribution in [0.1, 0.15) is 55.0 Å². The lowest BCUT2D eigenvalue weighted by molar-refractivity contribution is -0.0891. The monoisotopic (exact) mass is 409 g/mol. The molecule has 6 heteroatoms. The van der Waals surface area contributed by atoms with Crippen LogP contribution < -0.4 is 18.9 Å². The molecule has 0 radical (unpaired) electrons. The van der Waals surface area contributed by atoms with Crippen LogP contribution in [0.15, 0.2) is 24.3 Å². The molecule has 0 N–H and O–H groups in total. The van der Waals surface area contributed by atoms with E-state index in [1.807, 2.05) is 6.07 Å². The smallest absolute Gasteiger partial charge is 0.231 e. The van der Waals surface area contributed by atoms with Gasteiger partial charge in [0.1, 0.15) is 0 Å². The number of nitrogens with zero attached hydrogens (tertiary/aromatic N) is 1. The van der Waals surface area contributed by atoms with Gasteiger partial charge in [0.25, 0.3) is 0 Å². The summed E-state index contributed by atoms with van der Waals surface area (Å²) < 4.78 is 29.6. The first-order chi connectivity index (χ1) is 14.4. The molecule has 0 saturated carbocycles. The first-order valence-corrected chi connectivity index (χ1v) is 10.6. The Morgan fingerprint density at radius 1 is 0.933 bits per heavy atom. The van der Waals surface area contributed by atoms with Crippen molar-refractivity contribution in [1.29, 1.82) is 0 Å². The molecule has 2 aromatic rings. The minimum Gasteiger partial charge on any atom is -0.454 e. The maximum Gasteiger partial charge on any atom is 0.231 e. The molecule has 3 aliphatic heterocycles. The number of hydrogen-bond acceptors (Lipinski definition) is 6. The summed E-state index contributed by atoms with van der Waals surface area (Å²) >= 11 is 0. The average molecular weight is 409 g/mol. The Bertz CT molecular complexity index is 1030. The predicted molar refractivity (Wildman–Crippen MR) is 110 cm³/mol. The van der Waals surface area contributed by atoms with Crippen molar-refractivity contribution in [2.75, 3.05) is 20.6 Å². The molecule has 3 unspecified atom stereocenters. The molecular formula is C24H27NO5. The molecule has 0 aromatic heterocycles. The van der Waals surface area contributed by atoms with Gasteiger partial charge in [0, 0.05) is 24.1 Å². The highest BCUT2D eigenvalue weighted by Gasteiger charge is 2.47. The van der Waals surface area contributed by atoms with Gasteiger partial charge in [0.2, 0.25) is 13.6 Å². The average Bonchev–Trinajstić information content (AvgIpc) is 3.33. The van der Waals surface area contributed by atoms with Gasteiger partial charge in [-0.2, -0.15) is 0 Å². The van der Waals surface area contributed by atoms with Gasteiger partial charge < -0.3 is 23.7 Å². The van der Waals surface area contributed by atoms with E-state index in [-0.39, 0.29) is 37.3 Å². The van der Waals surface area contributed by atoms with Gasteiger partial charge in [0.05, 0.1) is 11.7 Å². The first-order valence-electron chi connectivity index (χ1n) is 10.6. The Kier molecular flexibility index (Phi) is 3.84. The Hall–Kier alpha value is -2.44. The Labute approximate surface area is 176 Å². The molecule has 0 bridgehead atoms. The van der Waals surface area contributed by atoms with Crippen molar-refractivity contribution in [3.05, 3.63) is 46.5 Å². The lowest BCUT2D eigenvalue weighted by Crippen LogP contribution is -2.46. The lowest BCUT2D eigenvalue weighted by atomic mass is 9.70. The fourth-order valence-electron chi connectivity index (χ4n) is 5.51. The van der Waals surface area contributed by atoms with Crippen LogP contribution in [0.4, 0.5) is 0 Å². The number of rotatable bonds is 1. The van der Waals surface area contributed by atoms with Crippen LogP contribution in [0.2, 0.25) is 0 Å². The Morgan fingerprint density at radius 3 is 2.47 bits per heavy atom. The van der Waals surface area contributed by atoms with E-state index in [0.29, 0.717) is 0 Å². The molecular weight excluding hydrogens is 382 g/mol. The summed E-state index contributed by atoms with van der Waals surface area (Å²) in [6.45, 7) is 7.77. The molecule has 6 nitrogen and oxygen atoms in total. The minimum absolute atomic E-state index is 0.0461. The molecule has 3 heterocycles. The molecule has 6 rings (SSSR count). The molecule has 30 heavy (non-hydrogen) atoms. The van der Waals surface area contributed by atoms with Gasteiger partial charge in [-0.25, -0.2) is 0 Å². The van der Waals surface area contributed by atoms with E-state index in [2.05, 4.69) is 50.9 Å². The lowest BCUT2D eigenvalue weighted by Gasteiger charge is -2.49. The fraction of sp³-hybridized carbons (Fsp3) is 0.500. The highest BCUT2D eigenvalue weighted by molar-refractivity contribution is 5.58. The molecule has 4 aliphatic rings. The fourth-order valence-corrected chi connectivity index (χ4v) is 5.51. The van der Waals surface area contributed by atoms with Crippen molar-refractivity contribution in [3.8, 4) is 23.0 Å².